The normalized spacial score (nSPS) is 22.8. The number of hydrogen-bond acceptors (Lipinski definition) is 3. The van der Waals surface area contributed by atoms with Gasteiger partial charge in [-0.1, -0.05) is 44.7 Å². The van der Waals surface area contributed by atoms with Crippen molar-refractivity contribution >= 4 is 17.3 Å². The summed E-state index contributed by atoms with van der Waals surface area (Å²) < 4.78 is 1.46. The Bertz CT molecular complexity index is 515. The van der Waals surface area contributed by atoms with Gasteiger partial charge in [-0.05, 0) is 31.6 Å². The first-order chi connectivity index (χ1) is 10.1. The van der Waals surface area contributed by atoms with E-state index in [1.807, 2.05) is 0 Å². The number of nitrogens with one attached hydrogen (secondary N) is 1. The van der Waals surface area contributed by atoms with Crippen molar-refractivity contribution in [3.63, 3.8) is 0 Å². The molecule has 1 aromatic rings. The van der Waals surface area contributed by atoms with E-state index in [1.165, 1.54) is 23.9 Å². The molecular weight excluding hydrogens is 286 g/mol. The Morgan fingerprint density at radius 3 is 2.95 bits per heavy atom. The van der Waals surface area contributed by atoms with Crippen LogP contribution < -0.4 is 10.9 Å². The van der Waals surface area contributed by atoms with Crippen molar-refractivity contribution in [3.8, 4) is 0 Å². The van der Waals surface area contributed by atoms with Crippen LogP contribution in [0.2, 0.25) is 5.02 Å². The third kappa shape index (κ3) is 4.47. The molecule has 0 amide bonds. The first kappa shape index (κ1) is 16.3. The standard InChI is InChI=1S/C16H26ClN3O/c1-3-4-10-20-16(21)15(17)14(11-18-20)19-13-7-5-6-12(2)8-9-13/h11-13,19H,3-10H2,1-2H3. The van der Waals surface area contributed by atoms with Gasteiger partial charge in [0.05, 0.1) is 11.9 Å². The summed E-state index contributed by atoms with van der Waals surface area (Å²) in [5.41, 5.74) is 0.506. The minimum absolute atomic E-state index is 0.183. The predicted molar refractivity (Wildman–Crippen MR) is 88.1 cm³/mol. The van der Waals surface area contributed by atoms with Crippen molar-refractivity contribution in [2.75, 3.05) is 5.32 Å². The van der Waals surface area contributed by atoms with Gasteiger partial charge in [-0.25, -0.2) is 4.68 Å². The van der Waals surface area contributed by atoms with Gasteiger partial charge < -0.3 is 5.32 Å². The first-order valence-electron chi connectivity index (χ1n) is 8.14. The highest BCUT2D eigenvalue weighted by Crippen LogP contribution is 2.26. The summed E-state index contributed by atoms with van der Waals surface area (Å²) in [5, 5.41) is 7.94. The average Bonchev–Trinajstić information content (AvgIpc) is 2.68. The van der Waals surface area contributed by atoms with Crippen molar-refractivity contribution in [2.45, 2.75) is 71.4 Å². The van der Waals surface area contributed by atoms with Gasteiger partial charge in [0, 0.05) is 12.6 Å². The SMILES string of the molecule is CCCCn1ncc(NC2CCCC(C)CC2)c(Cl)c1=O. The molecule has 2 atom stereocenters. The molecule has 21 heavy (non-hydrogen) atoms. The molecule has 0 saturated heterocycles. The third-order valence-corrected chi connectivity index (χ3v) is 4.69. The van der Waals surface area contributed by atoms with Crippen molar-refractivity contribution in [3.05, 3.63) is 21.6 Å². The van der Waals surface area contributed by atoms with Crippen LogP contribution in [0.4, 0.5) is 5.69 Å². The van der Waals surface area contributed by atoms with E-state index in [-0.39, 0.29) is 10.6 Å². The lowest BCUT2D eigenvalue weighted by atomic mass is 10.0. The molecule has 2 unspecified atom stereocenters. The van der Waals surface area contributed by atoms with Crippen LogP contribution in [0.3, 0.4) is 0 Å². The number of aromatic nitrogens is 2. The number of hydrogen-bond donors (Lipinski definition) is 1. The lowest BCUT2D eigenvalue weighted by molar-refractivity contribution is 0.501. The largest absolute Gasteiger partial charge is 0.380 e. The number of rotatable bonds is 5. The highest BCUT2D eigenvalue weighted by atomic mass is 35.5. The van der Waals surface area contributed by atoms with Crippen LogP contribution >= 0.6 is 11.6 Å². The Morgan fingerprint density at radius 2 is 2.19 bits per heavy atom. The summed E-state index contributed by atoms with van der Waals surface area (Å²) in [7, 11) is 0. The van der Waals surface area contributed by atoms with Gasteiger partial charge in [-0.2, -0.15) is 5.10 Å². The fraction of sp³-hybridized carbons (Fsp3) is 0.750. The van der Waals surface area contributed by atoms with E-state index in [1.54, 1.807) is 6.20 Å². The smallest absolute Gasteiger partial charge is 0.287 e. The molecule has 5 heteroatoms. The fourth-order valence-electron chi connectivity index (χ4n) is 2.88. The summed E-state index contributed by atoms with van der Waals surface area (Å²) in [6, 6.07) is 0.403. The lowest BCUT2D eigenvalue weighted by Crippen LogP contribution is -2.26. The molecular formula is C16H26ClN3O. The summed E-state index contributed by atoms with van der Waals surface area (Å²) in [6.07, 6.45) is 9.71. The molecule has 1 saturated carbocycles. The molecule has 1 aliphatic carbocycles. The minimum atomic E-state index is -0.183. The maximum absolute atomic E-state index is 12.2. The van der Waals surface area contributed by atoms with Crippen LogP contribution in [0.15, 0.2) is 11.0 Å². The Morgan fingerprint density at radius 1 is 1.38 bits per heavy atom. The van der Waals surface area contributed by atoms with E-state index in [0.717, 1.165) is 31.6 Å². The molecule has 1 fully saturated rings. The molecule has 1 N–H and O–H groups in total. The Kier molecular flexibility index (Phi) is 6.09. The van der Waals surface area contributed by atoms with Crippen molar-refractivity contribution in [2.24, 2.45) is 5.92 Å². The second-order valence-corrected chi connectivity index (χ2v) is 6.59. The molecule has 118 valence electrons. The Labute approximate surface area is 131 Å². The van der Waals surface area contributed by atoms with Crippen molar-refractivity contribution < 1.29 is 0 Å². The second-order valence-electron chi connectivity index (χ2n) is 6.21. The van der Waals surface area contributed by atoms with Crippen molar-refractivity contribution in [1.29, 1.82) is 0 Å². The van der Waals surface area contributed by atoms with E-state index in [4.69, 9.17) is 11.6 Å². The first-order valence-corrected chi connectivity index (χ1v) is 8.51. The number of nitrogens with zero attached hydrogens (tertiary/aromatic N) is 2. The van der Waals surface area contributed by atoms with E-state index in [9.17, 15) is 4.79 Å². The van der Waals surface area contributed by atoms with Gasteiger partial charge >= 0.3 is 0 Å². The molecule has 1 aromatic heterocycles. The highest BCUT2D eigenvalue weighted by Gasteiger charge is 2.18. The Balaban J connectivity index is 2.06. The van der Waals surface area contributed by atoms with Crippen LogP contribution in [0.1, 0.15) is 58.8 Å². The zero-order chi connectivity index (χ0) is 15.2. The number of aryl methyl sites for hydroxylation is 1. The van der Waals surface area contributed by atoms with Crippen LogP contribution in [0.25, 0.3) is 0 Å². The topological polar surface area (TPSA) is 46.9 Å². The number of unbranched alkanes of at least 4 members (excludes halogenated alkanes) is 1. The summed E-state index contributed by atoms with van der Waals surface area (Å²) in [4.78, 5) is 12.2. The molecule has 2 rings (SSSR count). The number of halogens is 1. The van der Waals surface area contributed by atoms with E-state index >= 15 is 0 Å². The van der Waals surface area contributed by atoms with E-state index in [0.29, 0.717) is 18.3 Å². The van der Waals surface area contributed by atoms with Gasteiger partial charge in [-0.3, -0.25) is 4.79 Å². The fourth-order valence-corrected chi connectivity index (χ4v) is 3.09. The lowest BCUT2D eigenvalue weighted by Gasteiger charge is -2.18. The Hall–Kier alpha value is -1.03. The molecule has 0 aliphatic heterocycles. The summed E-state index contributed by atoms with van der Waals surface area (Å²) >= 11 is 6.23. The molecule has 0 aromatic carbocycles. The van der Waals surface area contributed by atoms with Gasteiger partial charge in [-0.15, -0.1) is 0 Å². The van der Waals surface area contributed by atoms with Crippen LogP contribution in [0.5, 0.6) is 0 Å². The average molecular weight is 312 g/mol. The van der Waals surface area contributed by atoms with Crippen LogP contribution in [0, 0.1) is 5.92 Å². The van der Waals surface area contributed by atoms with Gasteiger partial charge in [0.25, 0.3) is 5.56 Å². The molecule has 0 radical (unpaired) electrons. The third-order valence-electron chi connectivity index (χ3n) is 4.33. The van der Waals surface area contributed by atoms with Gasteiger partial charge in [0.15, 0.2) is 0 Å². The van der Waals surface area contributed by atoms with E-state index in [2.05, 4.69) is 24.3 Å². The zero-order valence-electron chi connectivity index (χ0n) is 13.1. The summed E-state index contributed by atoms with van der Waals surface area (Å²) in [5.74, 6) is 0.799. The minimum Gasteiger partial charge on any atom is -0.380 e. The summed E-state index contributed by atoms with van der Waals surface area (Å²) in [6.45, 7) is 5.04. The predicted octanol–water partition coefficient (Wildman–Crippen LogP) is 4.08. The molecule has 0 spiro atoms. The highest BCUT2D eigenvalue weighted by molar-refractivity contribution is 6.32. The zero-order valence-corrected chi connectivity index (χ0v) is 13.8. The molecule has 1 aliphatic rings. The monoisotopic (exact) mass is 311 g/mol. The van der Waals surface area contributed by atoms with Gasteiger partial charge in [0.1, 0.15) is 5.02 Å². The van der Waals surface area contributed by atoms with Crippen molar-refractivity contribution in [1.82, 2.24) is 9.78 Å². The second kappa shape index (κ2) is 7.83. The molecule has 0 bridgehead atoms. The maximum atomic E-state index is 12.2. The number of anilines is 1. The quantitative estimate of drug-likeness (QED) is 0.834. The van der Waals surface area contributed by atoms with Crippen LogP contribution in [-0.2, 0) is 6.54 Å². The van der Waals surface area contributed by atoms with Gasteiger partial charge in [0.2, 0.25) is 0 Å². The maximum Gasteiger partial charge on any atom is 0.287 e. The van der Waals surface area contributed by atoms with E-state index < -0.39 is 0 Å². The molecule has 4 nitrogen and oxygen atoms in total. The molecule has 1 heterocycles. The van der Waals surface area contributed by atoms with Crippen LogP contribution in [-0.4, -0.2) is 15.8 Å².